The van der Waals surface area contributed by atoms with Gasteiger partial charge in [-0.05, 0) is 36.8 Å². The molecular formula is C16H15ClN2O3. The van der Waals surface area contributed by atoms with Gasteiger partial charge in [-0.1, -0.05) is 29.8 Å². The quantitative estimate of drug-likeness (QED) is 0.854. The highest BCUT2D eigenvalue weighted by atomic mass is 35.5. The number of rotatable bonds is 3. The van der Waals surface area contributed by atoms with Crippen molar-refractivity contribution in [2.24, 2.45) is 0 Å². The van der Waals surface area contributed by atoms with Crippen LogP contribution in [-0.2, 0) is 9.59 Å². The van der Waals surface area contributed by atoms with Gasteiger partial charge in [0.15, 0.2) is 0 Å². The van der Waals surface area contributed by atoms with Gasteiger partial charge >= 0.3 is 11.8 Å². The fourth-order valence-electron chi connectivity index (χ4n) is 1.84. The Morgan fingerprint density at radius 3 is 2.27 bits per heavy atom. The number of aryl methyl sites for hydroxylation is 1. The number of amides is 2. The molecule has 0 atom stereocenters. The lowest BCUT2D eigenvalue weighted by molar-refractivity contribution is -0.133. The number of ether oxygens (including phenoxy) is 1. The van der Waals surface area contributed by atoms with E-state index in [4.69, 9.17) is 16.3 Å². The summed E-state index contributed by atoms with van der Waals surface area (Å²) in [6, 6.07) is 12.0. The summed E-state index contributed by atoms with van der Waals surface area (Å²) in [7, 11) is 1.49. The summed E-state index contributed by atoms with van der Waals surface area (Å²) < 4.78 is 5.15. The van der Waals surface area contributed by atoms with E-state index in [1.54, 1.807) is 36.4 Å². The Kier molecular flexibility index (Phi) is 5.01. The maximum absolute atomic E-state index is 12.0. The van der Waals surface area contributed by atoms with Gasteiger partial charge in [0, 0.05) is 0 Å². The highest BCUT2D eigenvalue weighted by Gasteiger charge is 2.17. The largest absolute Gasteiger partial charge is 0.495 e. The predicted octanol–water partition coefficient (Wildman–Crippen LogP) is 3.23. The molecule has 114 valence electrons. The second-order valence-corrected chi connectivity index (χ2v) is 5.00. The van der Waals surface area contributed by atoms with Gasteiger partial charge in [-0.3, -0.25) is 9.59 Å². The lowest BCUT2D eigenvalue weighted by Gasteiger charge is -2.11. The van der Waals surface area contributed by atoms with E-state index in [2.05, 4.69) is 10.6 Å². The Morgan fingerprint density at radius 1 is 1.00 bits per heavy atom. The van der Waals surface area contributed by atoms with Crippen LogP contribution in [0, 0.1) is 6.92 Å². The molecule has 0 fully saturated rings. The van der Waals surface area contributed by atoms with Gasteiger partial charge in [0.25, 0.3) is 0 Å². The molecule has 0 spiro atoms. The molecule has 0 bridgehead atoms. The first kappa shape index (κ1) is 15.9. The van der Waals surface area contributed by atoms with E-state index in [0.29, 0.717) is 22.1 Å². The van der Waals surface area contributed by atoms with Crippen molar-refractivity contribution in [1.29, 1.82) is 0 Å². The Hall–Kier alpha value is -2.53. The summed E-state index contributed by atoms with van der Waals surface area (Å²) in [6.45, 7) is 1.87. The topological polar surface area (TPSA) is 67.4 Å². The van der Waals surface area contributed by atoms with Gasteiger partial charge < -0.3 is 15.4 Å². The fourth-order valence-corrected chi connectivity index (χ4v) is 2.02. The van der Waals surface area contributed by atoms with Crippen LogP contribution in [0.25, 0.3) is 0 Å². The zero-order chi connectivity index (χ0) is 16.1. The number of nitrogens with one attached hydrogen (secondary N) is 2. The smallest absolute Gasteiger partial charge is 0.314 e. The predicted molar refractivity (Wildman–Crippen MR) is 86.4 cm³/mol. The van der Waals surface area contributed by atoms with Crippen LogP contribution >= 0.6 is 11.6 Å². The Labute approximate surface area is 133 Å². The first-order valence-corrected chi connectivity index (χ1v) is 6.90. The van der Waals surface area contributed by atoms with Crippen molar-refractivity contribution in [2.45, 2.75) is 6.92 Å². The number of benzene rings is 2. The molecule has 2 N–H and O–H groups in total. The zero-order valence-electron chi connectivity index (χ0n) is 12.1. The van der Waals surface area contributed by atoms with Crippen molar-refractivity contribution in [3.05, 3.63) is 53.1 Å². The first-order chi connectivity index (χ1) is 10.5. The number of halogens is 1. The minimum Gasteiger partial charge on any atom is -0.495 e. The molecule has 22 heavy (non-hydrogen) atoms. The highest BCUT2D eigenvalue weighted by Crippen LogP contribution is 2.25. The van der Waals surface area contributed by atoms with E-state index >= 15 is 0 Å². The fraction of sp³-hybridized carbons (Fsp3) is 0.125. The van der Waals surface area contributed by atoms with E-state index in [1.807, 2.05) is 13.0 Å². The molecule has 6 heteroatoms. The summed E-state index contributed by atoms with van der Waals surface area (Å²) in [5.41, 5.74) is 1.74. The molecule has 0 aliphatic heterocycles. The standard InChI is InChI=1S/C16H15ClN2O3/c1-10-7-8-14(22-2)13(9-10)19-16(21)15(20)18-12-6-4-3-5-11(12)17/h3-9H,1-2H3,(H,18,20)(H,19,21). The van der Waals surface area contributed by atoms with Crippen molar-refractivity contribution in [3.8, 4) is 5.75 Å². The van der Waals surface area contributed by atoms with Gasteiger partial charge in [0.1, 0.15) is 5.75 Å². The Bertz CT molecular complexity index is 716. The molecule has 0 saturated carbocycles. The van der Waals surface area contributed by atoms with Crippen molar-refractivity contribution >= 4 is 34.8 Å². The normalized spacial score (nSPS) is 9.95. The van der Waals surface area contributed by atoms with Crippen LogP contribution in [0.2, 0.25) is 5.02 Å². The van der Waals surface area contributed by atoms with Crippen LogP contribution in [0.3, 0.4) is 0 Å². The third-order valence-corrected chi connectivity index (χ3v) is 3.26. The summed E-state index contributed by atoms with van der Waals surface area (Å²) >= 11 is 5.94. The minimum absolute atomic E-state index is 0.358. The molecule has 2 aromatic rings. The van der Waals surface area contributed by atoms with Gasteiger partial charge in [-0.25, -0.2) is 0 Å². The summed E-state index contributed by atoms with van der Waals surface area (Å²) in [5, 5.41) is 5.34. The number of para-hydroxylation sites is 1. The van der Waals surface area contributed by atoms with E-state index in [-0.39, 0.29) is 0 Å². The molecule has 0 heterocycles. The van der Waals surface area contributed by atoms with Crippen LogP contribution < -0.4 is 15.4 Å². The molecule has 5 nitrogen and oxygen atoms in total. The monoisotopic (exact) mass is 318 g/mol. The van der Waals surface area contributed by atoms with E-state index in [1.165, 1.54) is 7.11 Å². The molecule has 2 rings (SSSR count). The first-order valence-electron chi connectivity index (χ1n) is 6.52. The molecule has 2 aromatic carbocycles. The lowest BCUT2D eigenvalue weighted by Crippen LogP contribution is -2.29. The number of methoxy groups -OCH3 is 1. The average Bonchev–Trinajstić information content (AvgIpc) is 2.49. The average molecular weight is 319 g/mol. The molecule has 0 aliphatic rings. The Morgan fingerprint density at radius 2 is 1.64 bits per heavy atom. The molecule has 0 saturated heterocycles. The molecule has 0 radical (unpaired) electrons. The molecule has 2 amide bonds. The number of hydrogen-bond acceptors (Lipinski definition) is 3. The zero-order valence-corrected chi connectivity index (χ0v) is 12.9. The molecule has 0 aliphatic carbocycles. The van der Waals surface area contributed by atoms with Gasteiger partial charge in [-0.15, -0.1) is 0 Å². The molecule has 0 aromatic heterocycles. The van der Waals surface area contributed by atoms with E-state index in [9.17, 15) is 9.59 Å². The summed E-state index contributed by atoms with van der Waals surface area (Å²) in [5.74, 6) is -1.13. The van der Waals surface area contributed by atoms with Crippen LogP contribution in [0.15, 0.2) is 42.5 Å². The van der Waals surface area contributed by atoms with Crippen LogP contribution in [-0.4, -0.2) is 18.9 Å². The number of carbonyl (C=O) groups excluding carboxylic acids is 2. The minimum atomic E-state index is -0.809. The second-order valence-electron chi connectivity index (χ2n) is 4.59. The van der Waals surface area contributed by atoms with Crippen molar-refractivity contribution in [3.63, 3.8) is 0 Å². The highest BCUT2D eigenvalue weighted by molar-refractivity contribution is 6.45. The summed E-state index contributed by atoms with van der Waals surface area (Å²) in [4.78, 5) is 23.9. The van der Waals surface area contributed by atoms with Crippen molar-refractivity contribution in [2.75, 3.05) is 17.7 Å². The van der Waals surface area contributed by atoms with Gasteiger partial charge in [0.2, 0.25) is 0 Å². The number of hydrogen-bond donors (Lipinski definition) is 2. The van der Waals surface area contributed by atoms with E-state index in [0.717, 1.165) is 5.56 Å². The second kappa shape index (κ2) is 6.95. The maximum Gasteiger partial charge on any atom is 0.314 e. The maximum atomic E-state index is 12.0. The van der Waals surface area contributed by atoms with Crippen LogP contribution in [0.1, 0.15) is 5.56 Å². The Balaban J connectivity index is 2.11. The van der Waals surface area contributed by atoms with Gasteiger partial charge in [-0.2, -0.15) is 0 Å². The van der Waals surface area contributed by atoms with Crippen molar-refractivity contribution in [1.82, 2.24) is 0 Å². The molecule has 0 unspecified atom stereocenters. The summed E-state index contributed by atoms with van der Waals surface area (Å²) in [6.07, 6.45) is 0. The third-order valence-electron chi connectivity index (χ3n) is 2.93. The molecular weight excluding hydrogens is 304 g/mol. The van der Waals surface area contributed by atoms with Gasteiger partial charge in [0.05, 0.1) is 23.5 Å². The number of anilines is 2. The van der Waals surface area contributed by atoms with E-state index < -0.39 is 11.8 Å². The van der Waals surface area contributed by atoms with Crippen LogP contribution in [0.4, 0.5) is 11.4 Å². The van der Waals surface area contributed by atoms with Crippen LogP contribution in [0.5, 0.6) is 5.75 Å². The number of carbonyl (C=O) groups is 2. The lowest BCUT2D eigenvalue weighted by atomic mass is 10.2. The SMILES string of the molecule is COc1ccc(C)cc1NC(=O)C(=O)Nc1ccccc1Cl. The van der Waals surface area contributed by atoms with Crippen molar-refractivity contribution < 1.29 is 14.3 Å². The third kappa shape index (κ3) is 3.77.